The first kappa shape index (κ1) is 14.9. The fourth-order valence-electron chi connectivity index (χ4n) is 2.12. The maximum atomic E-state index is 12.4. The molecule has 0 aliphatic heterocycles. The molecule has 1 aromatic heterocycles. The molecule has 0 aliphatic carbocycles. The number of nitrogens with zero attached hydrogens (tertiary/aromatic N) is 3. The Hall–Kier alpha value is -2.50. The molecule has 2 aromatic rings. The number of hydrogen-bond donors (Lipinski definition) is 1. The summed E-state index contributed by atoms with van der Waals surface area (Å²) in [5.41, 5.74) is 8.73. The Labute approximate surface area is 124 Å². The molecule has 0 saturated heterocycles. The number of amides is 1. The number of carbonyl (C=O) groups excluding carboxylic acids is 1. The number of aryl methyl sites for hydroxylation is 1. The van der Waals surface area contributed by atoms with Crippen molar-refractivity contribution < 1.29 is 9.32 Å². The molecule has 0 spiro atoms. The summed E-state index contributed by atoms with van der Waals surface area (Å²) in [6.07, 6.45) is 0. The van der Waals surface area contributed by atoms with Crippen LogP contribution >= 0.6 is 0 Å². The van der Waals surface area contributed by atoms with E-state index in [0.29, 0.717) is 17.8 Å². The number of carbonyl (C=O) groups is 1. The van der Waals surface area contributed by atoms with Crippen LogP contribution in [0, 0.1) is 6.92 Å². The predicted octanol–water partition coefficient (Wildman–Crippen LogP) is 1.90. The molecule has 6 nitrogen and oxygen atoms in total. The van der Waals surface area contributed by atoms with E-state index in [1.54, 1.807) is 24.1 Å². The van der Waals surface area contributed by atoms with Gasteiger partial charge in [0, 0.05) is 32.8 Å². The van der Waals surface area contributed by atoms with Crippen molar-refractivity contribution in [2.45, 2.75) is 13.5 Å². The SMILES string of the molecule is Cc1cc(CN(C)C(=O)c2ccc(N(C)C)c(N)c2)no1. The van der Waals surface area contributed by atoms with Gasteiger partial charge in [-0.15, -0.1) is 0 Å². The average molecular weight is 288 g/mol. The molecule has 0 unspecified atom stereocenters. The van der Waals surface area contributed by atoms with Crippen molar-refractivity contribution in [1.29, 1.82) is 0 Å². The minimum Gasteiger partial charge on any atom is -0.397 e. The highest BCUT2D eigenvalue weighted by atomic mass is 16.5. The van der Waals surface area contributed by atoms with E-state index in [4.69, 9.17) is 10.3 Å². The van der Waals surface area contributed by atoms with E-state index in [9.17, 15) is 4.79 Å². The highest BCUT2D eigenvalue weighted by Gasteiger charge is 2.15. The topological polar surface area (TPSA) is 75.6 Å². The van der Waals surface area contributed by atoms with Crippen LogP contribution in [0.15, 0.2) is 28.8 Å². The summed E-state index contributed by atoms with van der Waals surface area (Å²) < 4.78 is 5.00. The Morgan fingerprint density at radius 2 is 2.00 bits per heavy atom. The largest absolute Gasteiger partial charge is 0.397 e. The molecule has 0 fully saturated rings. The Morgan fingerprint density at radius 3 is 2.52 bits per heavy atom. The van der Waals surface area contributed by atoms with Gasteiger partial charge in [0.05, 0.1) is 17.9 Å². The van der Waals surface area contributed by atoms with Crippen LogP contribution < -0.4 is 10.6 Å². The highest BCUT2D eigenvalue weighted by molar-refractivity contribution is 5.96. The van der Waals surface area contributed by atoms with Gasteiger partial charge in [-0.1, -0.05) is 5.16 Å². The van der Waals surface area contributed by atoms with Gasteiger partial charge in [-0.05, 0) is 25.1 Å². The van der Waals surface area contributed by atoms with Crippen LogP contribution in [0.5, 0.6) is 0 Å². The minimum absolute atomic E-state index is 0.104. The standard InChI is InChI=1S/C15H20N4O2/c1-10-7-12(17-21-10)9-19(4)15(20)11-5-6-14(18(2)3)13(16)8-11/h5-8H,9,16H2,1-4H3. The van der Waals surface area contributed by atoms with E-state index in [2.05, 4.69) is 5.16 Å². The number of hydrogen-bond acceptors (Lipinski definition) is 5. The maximum Gasteiger partial charge on any atom is 0.254 e. The summed E-state index contributed by atoms with van der Waals surface area (Å²) >= 11 is 0. The third kappa shape index (κ3) is 3.34. The smallest absolute Gasteiger partial charge is 0.254 e. The lowest BCUT2D eigenvalue weighted by molar-refractivity contribution is 0.0782. The summed E-state index contributed by atoms with van der Waals surface area (Å²) in [5, 5.41) is 3.89. The Balaban J connectivity index is 2.14. The molecule has 2 N–H and O–H groups in total. The lowest BCUT2D eigenvalue weighted by atomic mass is 10.1. The zero-order valence-corrected chi connectivity index (χ0v) is 12.8. The fraction of sp³-hybridized carbons (Fsp3) is 0.333. The van der Waals surface area contributed by atoms with E-state index >= 15 is 0 Å². The second-order valence-electron chi connectivity index (χ2n) is 5.26. The molecule has 112 valence electrons. The number of benzene rings is 1. The van der Waals surface area contributed by atoms with Crippen molar-refractivity contribution in [3.05, 3.63) is 41.3 Å². The minimum atomic E-state index is -0.104. The molecule has 0 radical (unpaired) electrons. The van der Waals surface area contributed by atoms with Crippen molar-refractivity contribution in [2.75, 3.05) is 31.8 Å². The molecule has 1 heterocycles. The Bertz CT molecular complexity index is 649. The van der Waals surface area contributed by atoms with Crippen LogP contribution in [-0.4, -0.2) is 37.1 Å². The van der Waals surface area contributed by atoms with Crippen LogP contribution in [0.1, 0.15) is 21.8 Å². The molecular weight excluding hydrogens is 268 g/mol. The third-order valence-electron chi connectivity index (χ3n) is 3.18. The van der Waals surface area contributed by atoms with Crippen molar-refractivity contribution >= 4 is 17.3 Å². The lowest BCUT2D eigenvalue weighted by Crippen LogP contribution is -2.26. The molecule has 21 heavy (non-hydrogen) atoms. The highest BCUT2D eigenvalue weighted by Crippen LogP contribution is 2.23. The van der Waals surface area contributed by atoms with E-state index in [1.165, 1.54) is 0 Å². The first-order valence-corrected chi connectivity index (χ1v) is 6.63. The van der Waals surface area contributed by atoms with Gasteiger partial charge in [0.1, 0.15) is 11.5 Å². The van der Waals surface area contributed by atoms with E-state index in [1.807, 2.05) is 38.1 Å². The molecule has 0 saturated carbocycles. The normalized spacial score (nSPS) is 10.5. The van der Waals surface area contributed by atoms with Crippen LogP contribution in [0.2, 0.25) is 0 Å². The summed E-state index contributed by atoms with van der Waals surface area (Å²) in [6.45, 7) is 2.21. The first-order chi connectivity index (χ1) is 9.88. The first-order valence-electron chi connectivity index (χ1n) is 6.63. The lowest BCUT2D eigenvalue weighted by Gasteiger charge is -2.18. The van der Waals surface area contributed by atoms with Crippen molar-refractivity contribution in [1.82, 2.24) is 10.1 Å². The van der Waals surface area contributed by atoms with Gasteiger partial charge in [0.25, 0.3) is 5.91 Å². The monoisotopic (exact) mass is 288 g/mol. The molecule has 0 atom stereocenters. The molecule has 1 amide bonds. The van der Waals surface area contributed by atoms with Gasteiger partial charge in [0.15, 0.2) is 0 Å². The molecule has 1 aromatic carbocycles. The average Bonchev–Trinajstić information content (AvgIpc) is 2.82. The molecule has 6 heteroatoms. The van der Waals surface area contributed by atoms with E-state index in [-0.39, 0.29) is 5.91 Å². The number of aromatic nitrogens is 1. The summed E-state index contributed by atoms with van der Waals surface area (Å²) in [7, 11) is 5.54. The van der Waals surface area contributed by atoms with Gasteiger partial charge in [0.2, 0.25) is 0 Å². The number of nitrogens with two attached hydrogens (primary N) is 1. The van der Waals surface area contributed by atoms with Gasteiger partial charge in [-0.3, -0.25) is 4.79 Å². The van der Waals surface area contributed by atoms with E-state index in [0.717, 1.165) is 17.1 Å². The summed E-state index contributed by atoms with van der Waals surface area (Å²) in [5.74, 6) is 0.623. The molecule has 2 rings (SSSR count). The van der Waals surface area contributed by atoms with Crippen LogP contribution in [-0.2, 0) is 6.54 Å². The van der Waals surface area contributed by atoms with Gasteiger partial charge in [-0.2, -0.15) is 0 Å². The van der Waals surface area contributed by atoms with Crippen LogP contribution in [0.25, 0.3) is 0 Å². The molecule has 0 bridgehead atoms. The second kappa shape index (κ2) is 5.87. The third-order valence-corrected chi connectivity index (χ3v) is 3.18. The Kier molecular flexibility index (Phi) is 4.16. The predicted molar refractivity (Wildman–Crippen MR) is 82.2 cm³/mol. The number of anilines is 2. The summed E-state index contributed by atoms with van der Waals surface area (Å²) in [4.78, 5) is 15.9. The molecular formula is C15H20N4O2. The summed E-state index contributed by atoms with van der Waals surface area (Å²) in [6, 6.07) is 7.13. The number of rotatable bonds is 4. The fourth-order valence-corrected chi connectivity index (χ4v) is 2.12. The van der Waals surface area contributed by atoms with Crippen molar-refractivity contribution in [3.8, 4) is 0 Å². The Morgan fingerprint density at radius 1 is 1.29 bits per heavy atom. The second-order valence-corrected chi connectivity index (χ2v) is 5.26. The number of nitrogen functional groups attached to an aromatic ring is 1. The van der Waals surface area contributed by atoms with E-state index < -0.39 is 0 Å². The van der Waals surface area contributed by atoms with Crippen molar-refractivity contribution in [3.63, 3.8) is 0 Å². The van der Waals surface area contributed by atoms with Gasteiger partial charge < -0.3 is 20.1 Å². The van der Waals surface area contributed by atoms with Gasteiger partial charge in [-0.25, -0.2) is 0 Å². The molecule has 0 aliphatic rings. The van der Waals surface area contributed by atoms with Gasteiger partial charge >= 0.3 is 0 Å². The van der Waals surface area contributed by atoms with Crippen molar-refractivity contribution in [2.24, 2.45) is 0 Å². The maximum absolute atomic E-state index is 12.4. The zero-order chi connectivity index (χ0) is 15.6. The quantitative estimate of drug-likeness (QED) is 0.870. The van der Waals surface area contributed by atoms with Crippen LogP contribution in [0.3, 0.4) is 0 Å². The van der Waals surface area contributed by atoms with Crippen LogP contribution in [0.4, 0.5) is 11.4 Å². The zero-order valence-electron chi connectivity index (χ0n) is 12.8.